The van der Waals surface area contributed by atoms with Crippen LogP contribution >= 0.6 is 11.8 Å². The maximum atomic E-state index is 12.2. The summed E-state index contributed by atoms with van der Waals surface area (Å²) in [6.07, 6.45) is 5.25. The van der Waals surface area contributed by atoms with Gasteiger partial charge in [0.05, 0.1) is 5.25 Å². The van der Waals surface area contributed by atoms with Gasteiger partial charge in [-0.1, -0.05) is 31.7 Å². The maximum absolute atomic E-state index is 12.2. The molecule has 0 aliphatic heterocycles. The highest BCUT2D eigenvalue weighted by Gasteiger charge is 2.20. The molecule has 0 aliphatic carbocycles. The van der Waals surface area contributed by atoms with Crippen LogP contribution in [0.1, 0.15) is 20.8 Å². The van der Waals surface area contributed by atoms with Crippen molar-refractivity contribution in [1.29, 1.82) is 0 Å². The lowest BCUT2D eigenvalue weighted by molar-refractivity contribution is -0.120. The van der Waals surface area contributed by atoms with Gasteiger partial charge in [0.25, 0.3) is 0 Å². The van der Waals surface area contributed by atoms with E-state index < -0.39 is 0 Å². The molecule has 0 bridgehead atoms. The van der Waals surface area contributed by atoms with Crippen LogP contribution in [-0.2, 0) is 11.3 Å². The van der Waals surface area contributed by atoms with E-state index in [1.165, 1.54) is 11.8 Å². The van der Waals surface area contributed by atoms with Gasteiger partial charge in [-0.25, -0.2) is 0 Å². The van der Waals surface area contributed by atoms with Crippen molar-refractivity contribution < 1.29 is 4.79 Å². The Kier molecular flexibility index (Phi) is 6.54. The molecule has 7 heteroatoms. The molecular weight excluding hydrogens is 322 g/mol. The minimum atomic E-state index is -0.252. The number of hydrogen-bond acceptors (Lipinski definition) is 5. The predicted molar refractivity (Wildman–Crippen MR) is 96.6 cm³/mol. The molecule has 0 saturated carbocycles. The molecule has 1 atom stereocenters. The number of rotatable bonds is 8. The second-order valence-corrected chi connectivity index (χ2v) is 7.15. The molecule has 1 N–H and O–H groups in total. The number of allylic oxidation sites excluding steroid dienone is 1. The first kappa shape index (κ1) is 18.2. The Morgan fingerprint density at radius 3 is 2.83 bits per heavy atom. The number of carbonyl (C=O) groups is 1. The molecule has 2 heterocycles. The van der Waals surface area contributed by atoms with Gasteiger partial charge < -0.3 is 5.32 Å². The first-order valence-electron chi connectivity index (χ1n) is 7.91. The zero-order chi connectivity index (χ0) is 17.5. The normalized spacial score (nSPS) is 12.2. The summed E-state index contributed by atoms with van der Waals surface area (Å²) in [5, 5.41) is 11.9. The summed E-state index contributed by atoms with van der Waals surface area (Å²) >= 11 is 1.39. The van der Waals surface area contributed by atoms with Crippen molar-refractivity contribution >= 4 is 17.7 Å². The number of nitrogens with zero attached hydrogens (tertiary/aromatic N) is 4. The molecule has 0 aromatic carbocycles. The Balaban J connectivity index is 2.17. The van der Waals surface area contributed by atoms with Crippen molar-refractivity contribution in [2.24, 2.45) is 5.92 Å². The lowest BCUT2D eigenvalue weighted by Gasteiger charge is -2.13. The second-order valence-electron chi connectivity index (χ2n) is 5.85. The third kappa shape index (κ3) is 4.67. The Bertz CT molecular complexity index is 684. The predicted octanol–water partition coefficient (Wildman–Crippen LogP) is 2.78. The van der Waals surface area contributed by atoms with Crippen molar-refractivity contribution in [3.63, 3.8) is 0 Å². The van der Waals surface area contributed by atoms with E-state index >= 15 is 0 Å². The minimum absolute atomic E-state index is 0.00443. The summed E-state index contributed by atoms with van der Waals surface area (Å²) in [4.78, 5) is 16.3. The molecule has 6 nitrogen and oxygen atoms in total. The smallest absolute Gasteiger partial charge is 0.233 e. The summed E-state index contributed by atoms with van der Waals surface area (Å²) in [6, 6.07) is 3.79. The Hall–Kier alpha value is -2.15. The molecule has 0 spiro atoms. The van der Waals surface area contributed by atoms with E-state index in [1.54, 1.807) is 18.5 Å². The van der Waals surface area contributed by atoms with Gasteiger partial charge in [-0.3, -0.25) is 14.3 Å². The first-order chi connectivity index (χ1) is 11.5. The van der Waals surface area contributed by atoms with E-state index in [0.717, 1.165) is 11.4 Å². The fourth-order valence-corrected chi connectivity index (χ4v) is 2.92. The summed E-state index contributed by atoms with van der Waals surface area (Å²) in [7, 11) is 0. The lowest BCUT2D eigenvalue weighted by atomic mass is 10.2. The van der Waals surface area contributed by atoms with E-state index in [1.807, 2.05) is 23.6 Å². The molecule has 0 radical (unpaired) electrons. The average molecular weight is 345 g/mol. The van der Waals surface area contributed by atoms with Crippen molar-refractivity contribution in [3.8, 4) is 11.4 Å². The standard InChI is InChI=1S/C17H23N5OS/c1-5-9-22-15(14-7-6-8-18-11-14)20-21-17(22)24-13(4)16(23)19-10-12(2)3/h5-8,11-13H,1,9-10H2,2-4H3,(H,19,23)/t13-/m1/s1. The molecule has 1 amide bonds. The number of carbonyl (C=O) groups excluding carboxylic acids is 1. The van der Waals surface area contributed by atoms with Crippen LogP contribution in [0.15, 0.2) is 42.3 Å². The minimum Gasteiger partial charge on any atom is -0.355 e. The van der Waals surface area contributed by atoms with Crippen molar-refractivity contribution in [1.82, 2.24) is 25.1 Å². The number of thioether (sulfide) groups is 1. The van der Waals surface area contributed by atoms with Crippen molar-refractivity contribution in [3.05, 3.63) is 37.2 Å². The summed E-state index contributed by atoms with van der Waals surface area (Å²) < 4.78 is 1.95. The van der Waals surface area contributed by atoms with Crippen molar-refractivity contribution in [2.75, 3.05) is 6.54 Å². The van der Waals surface area contributed by atoms with Gasteiger partial charge in [0.1, 0.15) is 0 Å². The molecule has 128 valence electrons. The SMILES string of the molecule is C=CCn1c(S[C@H](C)C(=O)NCC(C)C)nnc1-c1cccnc1. The molecule has 0 saturated heterocycles. The molecule has 2 rings (SSSR count). The molecule has 2 aromatic rings. The average Bonchev–Trinajstić information content (AvgIpc) is 2.96. The largest absolute Gasteiger partial charge is 0.355 e. The second kappa shape index (κ2) is 8.63. The summed E-state index contributed by atoms with van der Waals surface area (Å²) in [5.74, 6) is 1.15. The third-order valence-corrected chi connectivity index (χ3v) is 4.36. The summed E-state index contributed by atoms with van der Waals surface area (Å²) in [6.45, 7) is 11.0. The van der Waals surface area contributed by atoms with Gasteiger partial charge in [0.2, 0.25) is 5.91 Å². The monoisotopic (exact) mass is 345 g/mol. The van der Waals surface area contributed by atoms with Crippen LogP contribution in [0.25, 0.3) is 11.4 Å². The van der Waals surface area contributed by atoms with E-state index in [-0.39, 0.29) is 11.2 Å². The lowest BCUT2D eigenvalue weighted by Crippen LogP contribution is -2.33. The maximum Gasteiger partial charge on any atom is 0.233 e. The molecule has 24 heavy (non-hydrogen) atoms. The fraction of sp³-hybridized carbons (Fsp3) is 0.412. The van der Waals surface area contributed by atoms with Crippen LogP contribution in [-0.4, -0.2) is 37.5 Å². The zero-order valence-electron chi connectivity index (χ0n) is 14.3. The van der Waals surface area contributed by atoms with Crippen LogP contribution < -0.4 is 5.32 Å². The Morgan fingerprint density at radius 1 is 1.42 bits per heavy atom. The zero-order valence-corrected chi connectivity index (χ0v) is 15.1. The number of hydrogen-bond donors (Lipinski definition) is 1. The van der Waals surface area contributed by atoms with Gasteiger partial charge in [-0.05, 0) is 25.0 Å². The molecule has 0 unspecified atom stereocenters. The van der Waals surface area contributed by atoms with Crippen molar-refractivity contribution in [2.45, 2.75) is 37.7 Å². The van der Waals surface area contributed by atoms with E-state index in [4.69, 9.17) is 0 Å². The Labute approximate surface area is 146 Å². The third-order valence-electron chi connectivity index (χ3n) is 3.28. The highest BCUT2D eigenvalue weighted by atomic mass is 32.2. The number of pyridine rings is 1. The Morgan fingerprint density at radius 2 is 2.21 bits per heavy atom. The first-order valence-corrected chi connectivity index (χ1v) is 8.79. The van der Waals surface area contributed by atoms with Gasteiger partial charge >= 0.3 is 0 Å². The van der Waals surface area contributed by atoms with Crippen LogP contribution in [0.2, 0.25) is 0 Å². The van der Waals surface area contributed by atoms with E-state index in [0.29, 0.717) is 24.2 Å². The highest BCUT2D eigenvalue weighted by molar-refractivity contribution is 8.00. The summed E-state index contributed by atoms with van der Waals surface area (Å²) in [5.41, 5.74) is 0.885. The van der Waals surface area contributed by atoms with Gasteiger partial charge in [-0.2, -0.15) is 0 Å². The highest BCUT2D eigenvalue weighted by Crippen LogP contribution is 2.26. The fourth-order valence-electron chi connectivity index (χ4n) is 2.04. The van der Waals surface area contributed by atoms with Gasteiger partial charge in [0.15, 0.2) is 11.0 Å². The quantitative estimate of drug-likeness (QED) is 0.588. The molecule has 0 aliphatic rings. The van der Waals surface area contributed by atoms with Gasteiger partial charge in [-0.15, -0.1) is 16.8 Å². The molecule has 2 aromatic heterocycles. The van der Waals surface area contributed by atoms with E-state index in [9.17, 15) is 4.79 Å². The van der Waals surface area contributed by atoms with Crippen LogP contribution in [0.4, 0.5) is 0 Å². The molecular formula is C17H23N5OS. The van der Waals surface area contributed by atoms with Gasteiger partial charge in [0, 0.05) is 31.0 Å². The van der Waals surface area contributed by atoms with Crippen LogP contribution in [0, 0.1) is 5.92 Å². The number of amides is 1. The van der Waals surface area contributed by atoms with Crippen LogP contribution in [0.5, 0.6) is 0 Å². The van der Waals surface area contributed by atoms with E-state index in [2.05, 4.69) is 40.9 Å². The topological polar surface area (TPSA) is 72.7 Å². The number of nitrogens with one attached hydrogen (secondary N) is 1. The number of aromatic nitrogens is 4. The van der Waals surface area contributed by atoms with Crippen LogP contribution in [0.3, 0.4) is 0 Å². The molecule has 0 fully saturated rings.